The lowest BCUT2D eigenvalue weighted by Crippen LogP contribution is -2.62. The fourth-order valence-corrected chi connectivity index (χ4v) is 12.6. The van der Waals surface area contributed by atoms with Crippen molar-refractivity contribution in [2.24, 2.45) is 11.8 Å². The van der Waals surface area contributed by atoms with Crippen LogP contribution in [0, 0.1) is 11.8 Å². The number of amides is 12. The number of carbonyl (C=O) groups excluding carboxylic acids is 12. The predicted octanol–water partition coefficient (Wildman–Crippen LogP) is -1.79. The summed E-state index contributed by atoms with van der Waals surface area (Å²) in [6.07, 6.45) is -0.0171. The molecule has 588 valence electrons. The van der Waals surface area contributed by atoms with E-state index >= 15 is 0 Å². The number of H-pyrrole nitrogens is 1. The SMILES string of the molecule is CC(C)C[C@H](NC(=O)[C@@H]1CCCN1C(=O)[C@H](CC(C)C)NC(=O)[C@@H](NC(=O)[C@@H]1CCCN1C(=O)[C@H](Cc1ccc(O)cc1)NC(=O)[C@H](Cc1cnc[nH]1)NC(=O)c1ccc(-c2ccccc2)cc1)[C@@H](C)O)C(=O)NCC(=O)N[C@@H](CO)C(=O)N[C@@H](CO)C(=O)N[C@H](C(=O)N[C@@H](Cc1ccc(O)cc1)C(=O)O)[C@@H](C)O. The van der Waals surface area contributed by atoms with Gasteiger partial charge in [0.05, 0.1) is 38.3 Å². The molecule has 109 heavy (non-hydrogen) atoms. The Morgan fingerprint density at radius 3 is 1.45 bits per heavy atom. The Kier molecular flexibility index (Phi) is 31.6. The second-order valence-electron chi connectivity index (χ2n) is 27.9. The van der Waals surface area contributed by atoms with Gasteiger partial charge in [-0.3, -0.25) is 57.5 Å². The number of carbonyl (C=O) groups is 13. The van der Waals surface area contributed by atoms with Crippen LogP contribution in [0.5, 0.6) is 11.5 Å². The number of aliphatic carboxylic acids is 1. The average molecular weight is 1520 g/mol. The van der Waals surface area contributed by atoms with Gasteiger partial charge in [0.2, 0.25) is 65.0 Å². The Labute approximate surface area is 628 Å². The van der Waals surface area contributed by atoms with Gasteiger partial charge in [-0.05, 0) is 123 Å². The highest BCUT2D eigenvalue weighted by atomic mass is 16.4. The van der Waals surface area contributed by atoms with E-state index in [1.165, 1.54) is 65.6 Å². The first-order chi connectivity index (χ1) is 51.8. The lowest BCUT2D eigenvalue weighted by Gasteiger charge is -2.33. The zero-order valence-corrected chi connectivity index (χ0v) is 61.3. The number of phenolic OH excluding ortho intramolecular Hbond substituents is 2. The molecule has 7 rings (SSSR count). The summed E-state index contributed by atoms with van der Waals surface area (Å²) in [4.78, 5) is 190. The lowest BCUT2D eigenvalue weighted by atomic mass is 10.0. The van der Waals surface area contributed by atoms with Crippen molar-refractivity contribution >= 4 is 76.9 Å². The van der Waals surface area contributed by atoms with Gasteiger partial charge in [0.25, 0.3) is 5.91 Å². The van der Waals surface area contributed by atoms with Crippen LogP contribution in [-0.2, 0) is 76.8 Å². The van der Waals surface area contributed by atoms with Crippen molar-refractivity contribution in [1.29, 1.82) is 0 Å². The van der Waals surface area contributed by atoms with E-state index in [4.69, 9.17) is 0 Å². The quantitative estimate of drug-likeness (QED) is 0.0208. The van der Waals surface area contributed by atoms with E-state index in [-0.39, 0.29) is 86.9 Å². The third-order valence-corrected chi connectivity index (χ3v) is 18.4. The molecule has 4 aromatic carbocycles. The van der Waals surface area contributed by atoms with Gasteiger partial charge in [-0.25, -0.2) is 9.78 Å². The largest absolute Gasteiger partial charge is 0.508 e. The van der Waals surface area contributed by atoms with Crippen LogP contribution in [0.4, 0.5) is 0 Å². The number of imidazole rings is 1. The van der Waals surface area contributed by atoms with E-state index < -0.39 is 175 Å². The van der Waals surface area contributed by atoms with Gasteiger partial charge in [-0.15, -0.1) is 0 Å². The summed E-state index contributed by atoms with van der Waals surface area (Å²) < 4.78 is 0. The highest BCUT2D eigenvalue weighted by molar-refractivity contribution is 6.01. The van der Waals surface area contributed by atoms with Crippen LogP contribution in [0.1, 0.15) is 107 Å². The van der Waals surface area contributed by atoms with Crippen molar-refractivity contribution < 1.29 is 98.1 Å². The summed E-state index contributed by atoms with van der Waals surface area (Å²) >= 11 is 0. The number of likely N-dealkylation sites (tertiary alicyclic amines) is 2. The third-order valence-electron chi connectivity index (χ3n) is 18.4. The lowest BCUT2D eigenvalue weighted by molar-refractivity contribution is -0.144. The zero-order chi connectivity index (χ0) is 79.8. The highest BCUT2D eigenvalue weighted by Crippen LogP contribution is 2.25. The number of aliphatic hydroxyl groups excluding tert-OH is 4. The van der Waals surface area contributed by atoms with Crippen molar-refractivity contribution in [3.05, 3.63) is 138 Å². The molecule has 18 N–H and O–H groups in total. The molecule has 0 bridgehead atoms. The predicted molar refractivity (Wildman–Crippen MR) is 391 cm³/mol. The molecular weight excluding hydrogens is 1420 g/mol. The fourth-order valence-electron chi connectivity index (χ4n) is 12.6. The van der Waals surface area contributed by atoms with Crippen molar-refractivity contribution in [2.45, 2.75) is 178 Å². The van der Waals surface area contributed by atoms with Crippen molar-refractivity contribution in [3.63, 3.8) is 0 Å². The molecule has 0 aliphatic carbocycles. The Bertz CT molecular complexity index is 3960. The molecule has 2 aliphatic heterocycles. The number of aromatic amines is 1. The summed E-state index contributed by atoms with van der Waals surface area (Å²) in [6, 6.07) is 11.1. The van der Waals surface area contributed by atoms with Crippen LogP contribution in [0.2, 0.25) is 0 Å². The highest BCUT2D eigenvalue weighted by Gasteiger charge is 2.44. The van der Waals surface area contributed by atoms with Gasteiger partial charge in [0.1, 0.15) is 78.0 Å². The Morgan fingerprint density at radius 1 is 0.477 bits per heavy atom. The van der Waals surface area contributed by atoms with Crippen LogP contribution in [0.15, 0.2) is 116 Å². The molecule has 2 saturated heterocycles. The monoisotopic (exact) mass is 1510 g/mol. The maximum absolute atomic E-state index is 15.0. The number of aromatic nitrogens is 2. The zero-order valence-electron chi connectivity index (χ0n) is 61.3. The number of nitrogens with one attached hydrogen (secondary N) is 11. The molecule has 0 saturated carbocycles. The first kappa shape index (κ1) is 84.9. The van der Waals surface area contributed by atoms with Crippen molar-refractivity contribution in [3.8, 4) is 22.6 Å². The van der Waals surface area contributed by atoms with Crippen LogP contribution < -0.4 is 53.2 Å². The Hall–Kier alpha value is -11.4. The molecule has 34 nitrogen and oxygen atoms in total. The normalized spacial score (nSPS) is 17.1. The van der Waals surface area contributed by atoms with Crippen LogP contribution in [0.25, 0.3) is 11.1 Å². The Morgan fingerprint density at radius 2 is 0.936 bits per heavy atom. The molecule has 5 aromatic rings. The van der Waals surface area contributed by atoms with E-state index in [2.05, 4.69) is 63.1 Å². The van der Waals surface area contributed by atoms with E-state index in [9.17, 15) is 98.1 Å². The van der Waals surface area contributed by atoms with E-state index in [1.54, 1.807) is 64.1 Å². The number of carboxylic acids is 1. The molecule has 13 atom stereocenters. The number of benzene rings is 4. The molecule has 12 amide bonds. The standard InChI is InChI=1S/C75H98N14O20/c1-40(2)30-52(65(98)77-36-61(96)79-57(37-90)67(100)85-58(38-91)68(101)86-62(42(5)92)72(105)84-56(75(108)109)33-45-18-26-51(95)27-19-45)81-69(102)59-14-10-28-88(59)73(106)54(31-41(3)4)83-71(104)63(43(6)93)87-70(103)60-15-11-29-89(60)74(107)55(32-44-16-24-50(94)25-17-44)82-66(99)53(34-49-35-76-39-78-49)80-64(97)48-22-20-47(21-23-48)46-12-8-7-9-13-46/h7-9,12-13,16-27,35,39-43,52-60,62-63,90-95H,10-11,14-15,28-34,36-38H2,1-6H3,(H,76,78)(H,77,98)(H,79,96)(H,80,97)(H,81,102)(H,82,99)(H,83,104)(H,84,105)(H,85,100)(H,86,101)(H,87,103)(H,108,109)/t42-,43-,52+,53+,54+,55+,56+,57+,58+,59+,60+,62+,63+/m1/s1. The topological polar surface area (TPSA) is 519 Å². The summed E-state index contributed by atoms with van der Waals surface area (Å²) in [5.74, 6) is -13.1. The van der Waals surface area contributed by atoms with E-state index in [1.807, 2.05) is 30.3 Å². The Balaban J connectivity index is 0.958. The smallest absolute Gasteiger partial charge is 0.326 e. The van der Waals surface area contributed by atoms with Crippen molar-refractivity contribution in [1.82, 2.24) is 72.9 Å². The average Bonchev–Trinajstić information content (AvgIpc) is 1.73. The van der Waals surface area contributed by atoms with Gasteiger partial charge in [0.15, 0.2) is 0 Å². The van der Waals surface area contributed by atoms with Crippen LogP contribution in [0.3, 0.4) is 0 Å². The number of hydrogen-bond acceptors (Lipinski definition) is 20. The van der Waals surface area contributed by atoms with Gasteiger partial charge in [0, 0.05) is 49.8 Å². The molecule has 0 spiro atoms. The number of nitrogens with zero attached hydrogens (tertiary/aromatic N) is 3. The molecule has 2 fully saturated rings. The third kappa shape index (κ3) is 24.8. The van der Waals surface area contributed by atoms with Gasteiger partial charge in [-0.2, -0.15) is 0 Å². The molecule has 2 aliphatic rings. The fraction of sp³-hybridized carbons (Fsp3) is 0.467. The first-order valence-corrected chi connectivity index (χ1v) is 36.0. The minimum absolute atomic E-state index is 0.00722. The second kappa shape index (κ2) is 40.6. The maximum atomic E-state index is 15.0. The minimum atomic E-state index is -1.87. The molecule has 34 heteroatoms. The molecular formula is C75H98N14O20. The van der Waals surface area contributed by atoms with Gasteiger partial charge >= 0.3 is 5.97 Å². The second-order valence-corrected chi connectivity index (χ2v) is 27.9. The summed E-state index contributed by atoms with van der Waals surface area (Å²) in [6.45, 7) is 6.38. The molecule has 1 aromatic heterocycles. The number of aliphatic hydroxyl groups is 4. The number of aromatic hydroxyl groups is 2. The number of phenols is 2. The minimum Gasteiger partial charge on any atom is -0.508 e. The summed E-state index contributed by atoms with van der Waals surface area (Å²) in [5.41, 5.74) is 3.42. The molecule has 0 radical (unpaired) electrons. The maximum Gasteiger partial charge on any atom is 0.326 e. The van der Waals surface area contributed by atoms with Gasteiger partial charge in [-0.1, -0.05) is 94.4 Å². The van der Waals surface area contributed by atoms with E-state index in [0.717, 1.165) is 18.1 Å². The summed E-state index contributed by atoms with van der Waals surface area (Å²) in [5, 5.41) is 95.9. The van der Waals surface area contributed by atoms with Crippen LogP contribution in [-0.4, -0.2) is 244 Å². The van der Waals surface area contributed by atoms with Gasteiger partial charge < -0.3 is 104 Å². The van der Waals surface area contributed by atoms with E-state index in [0.29, 0.717) is 29.7 Å². The number of carboxylic acid groups (broad SMARTS) is 1. The van der Waals surface area contributed by atoms with Crippen molar-refractivity contribution in [2.75, 3.05) is 32.8 Å². The summed E-state index contributed by atoms with van der Waals surface area (Å²) in [7, 11) is 0. The molecule has 3 heterocycles. The molecule has 0 unspecified atom stereocenters. The number of rotatable bonds is 38. The van der Waals surface area contributed by atoms with Crippen LogP contribution >= 0.6 is 0 Å². The first-order valence-electron chi connectivity index (χ1n) is 36.0. The number of hydrogen-bond donors (Lipinski definition) is 18.